The van der Waals surface area contributed by atoms with Gasteiger partial charge in [-0.05, 0) is 13.0 Å². The molecule has 1 atom stereocenters. The van der Waals surface area contributed by atoms with Crippen molar-refractivity contribution >= 4 is 46.6 Å². The number of hydrogen-bond donors (Lipinski definition) is 0. The van der Waals surface area contributed by atoms with Crippen molar-refractivity contribution in [2.24, 2.45) is 0 Å². The van der Waals surface area contributed by atoms with Crippen LogP contribution in [-0.4, -0.2) is 32.9 Å². The first-order chi connectivity index (χ1) is 8.52. The van der Waals surface area contributed by atoms with Crippen LogP contribution >= 0.6 is 35.0 Å². The molecule has 0 N–H and O–H groups in total. The van der Waals surface area contributed by atoms with Gasteiger partial charge in [0.2, 0.25) is 0 Å². The zero-order valence-corrected chi connectivity index (χ0v) is 11.9. The van der Waals surface area contributed by atoms with Crippen LogP contribution in [0.3, 0.4) is 0 Å². The molecular formula is C10H9Cl2N3O2S. The SMILES string of the molecule is COC(=O)C(C)Sc1nnc2c(Cl)cc(Cl)cn12. The van der Waals surface area contributed by atoms with Crippen LogP contribution < -0.4 is 0 Å². The lowest BCUT2D eigenvalue weighted by molar-refractivity contribution is -0.139. The van der Waals surface area contributed by atoms with Crippen LogP contribution in [0, 0.1) is 0 Å². The van der Waals surface area contributed by atoms with E-state index in [0.29, 0.717) is 20.8 Å². The fourth-order valence-corrected chi connectivity index (χ4v) is 2.71. The van der Waals surface area contributed by atoms with Crippen LogP contribution in [0.1, 0.15) is 6.92 Å². The van der Waals surface area contributed by atoms with E-state index in [1.54, 1.807) is 23.6 Å². The van der Waals surface area contributed by atoms with Crippen LogP contribution in [0.25, 0.3) is 5.65 Å². The Morgan fingerprint density at radius 2 is 2.22 bits per heavy atom. The third-order valence-corrected chi connectivity index (χ3v) is 3.73. The number of pyridine rings is 1. The van der Waals surface area contributed by atoms with Crippen LogP contribution in [0.2, 0.25) is 10.0 Å². The Bertz CT molecular complexity index is 602. The van der Waals surface area contributed by atoms with E-state index in [1.807, 2.05) is 0 Å². The zero-order valence-electron chi connectivity index (χ0n) is 9.55. The van der Waals surface area contributed by atoms with Crippen molar-refractivity contribution in [3.05, 3.63) is 22.3 Å². The lowest BCUT2D eigenvalue weighted by atomic mass is 10.5. The topological polar surface area (TPSA) is 56.5 Å². The van der Waals surface area contributed by atoms with Gasteiger partial charge in [0.05, 0.1) is 17.2 Å². The molecule has 0 saturated carbocycles. The van der Waals surface area contributed by atoms with Crippen LogP contribution in [0.5, 0.6) is 0 Å². The first-order valence-corrected chi connectivity index (χ1v) is 6.60. The molecule has 1 unspecified atom stereocenters. The largest absolute Gasteiger partial charge is 0.468 e. The molecule has 0 aliphatic rings. The van der Waals surface area contributed by atoms with Gasteiger partial charge in [-0.2, -0.15) is 0 Å². The Morgan fingerprint density at radius 3 is 2.89 bits per heavy atom. The van der Waals surface area contributed by atoms with E-state index in [2.05, 4.69) is 14.9 Å². The number of rotatable bonds is 3. The molecule has 5 nitrogen and oxygen atoms in total. The minimum atomic E-state index is -0.389. The molecule has 0 radical (unpaired) electrons. The Labute approximate surface area is 117 Å². The van der Waals surface area contributed by atoms with Crippen LogP contribution in [0.15, 0.2) is 17.4 Å². The second kappa shape index (κ2) is 5.34. The number of methoxy groups -OCH3 is 1. The fourth-order valence-electron chi connectivity index (χ4n) is 1.36. The van der Waals surface area contributed by atoms with E-state index >= 15 is 0 Å². The van der Waals surface area contributed by atoms with Gasteiger partial charge in [0.15, 0.2) is 10.8 Å². The average Bonchev–Trinajstić information content (AvgIpc) is 2.71. The summed E-state index contributed by atoms with van der Waals surface area (Å²) >= 11 is 13.1. The number of halogens is 2. The van der Waals surface area contributed by atoms with Crippen LogP contribution in [-0.2, 0) is 9.53 Å². The number of ether oxygens (including phenoxy) is 1. The monoisotopic (exact) mass is 305 g/mol. The van der Waals surface area contributed by atoms with E-state index < -0.39 is 0 Å². The van der Waals surface area contributed by atoms with Gasteiger partial charge in [0, 0.05) is 6.20 Å². The van der Waals surface area contributed by atoms with Gasteiger partial charge in [-0.1, -0.05) is 35.0 Å². The molecule has 0 amide bonds. The number of aromatic nitrogens is 3. The minimum Gasteiger partial charge on any atom is -0.468 e. The molecule has 18 heavy (non-hydrogen) atoms. The van der Waals surface area contributed by atoms with Crippen molar-refractivity contribution in [2.75, 3.05) is 7.11 Å². The molecular weight excluding hydrogens is 297 g/mol. The van der Waals surface area contributed by atoms with Gasteiger partial charge >= 0.3 is 5.97 Å². The third-order valence-electron chi connectivity index (χ3n) is 2.21. The minimum absolute atomic E-state index is 0.329. The quantitative estimate of drug-likeness (QED) is 0.644. The number of esters is 1. The predicted molar refractivity (Wildman–Crippen MR) is 70.3 cm³/mol. The molecule has 8 heteroatoms. The molecule has 0 aliphatic carbocycles. The molecule has 96 valence electrons. The molecule has 2 heterocycles. The van der Waals surface area contributed by atoms with E-state index in [0.717, 1.165) is 0 Å². The Hall–Kier alpha value is -0.980. The van der Waals surface area contributed by atoms with Crippen LogP contribution in [0.4, 0.5) is 0 Å². The molecule has 2 aromatic rings. The Balaban J connectivity index is 2.38. The number of hydrogen-bond acceptors (Lipinski definition) is 5. The van der Waals surface area contributed by atoms with Crippen molar-refractivity contribution in [1.82, 2.24) is 14.6 Å². The van der Waals surface area contributed by atoms with Crippen molar-refractivity contribution in [2.45, 2.75) is 17.3 Å². The summed E-state index contributed by atoms with van der Waals surface area (Å²) in [6.07, 6.45) is 1.65. The third kappa shape index (κ3) is 2.55. The highest BCUT2D eigenvalue weighted by Gasteiger charge is 2.19. The predicted octanol–water partition coefficient (Wildman–Crippen LogP) is 2.69. The molecule has 0 saturated heterocycles. The molecule has 0 fully saturated rings. The molecule has 2 rings (SSSR count). The Morgan fingerprint density at radius 1 is 1.50 bits per heavy atom. The lowest BCUT2D eigenvalue weighted by Crippen LogP contribution is -2.15. The number of thioether (sulfide) groups is 1. The van der Waals surface area contributed by atoms with Gasteiger partial charge in [0.25, 0.3) is 0 Å². The van der Waals surface area contributed by atoms with Gasteiger partial charge < -0.3 is 4.74 Å². The van der Waals surface area contributed by atoms with Crippen molar-refractivity contribution < 1.29 is 9.53 Å². The highest BCUT2D eigenvalue weighted by Crippen LogP contribution is 2.27. The van der Waals surface area contributed by atoms with Gasteiger partial charge in [-0.25, -0.2) is 0 Å². The van der Waals surface area contributed by atoms with E-state index in [9.17, 15) is 4.79 Å². The maximum absolute atomic E-state index is 11.4. The van der Waals surface area contributed by atoms with E-state index in [1.165, 1.54) is 18.9 Å². The van der Waals surface area contributed by atoms with E-state index in [4.69, 9.17) is 23.2 Å². The molecule has 0 bridgehead atoms. The lowest BCUT2D eigenvalue weighted by Gasteiger charge is -2.07. The summed E-state index contributed by atoms with van der Waals surface area (Å²) in [5, 5.41) is 8.95. The standard InChI is InChI=1S/C10H9Cl2N3O2S/c1-5(9(16)17-2)18-10-14-13-8-7(12)3-6(11)4-15(8)10/h3-5H,1-2H3. The summed E-state index contributed by atoms with van der Waals surface area (Å²) in [5.41, 5.74) is 0.501. The van der Waals surface area contributed by atoms with Crippen molar-refractivity contribution in [3.8, 4) is 0 Å². The first-order valence-electron chi connectivity index (χ1n) is 4.97. The summed E-state index contributed by atoms with van der Waals surface area (Å²) in [7, 11) is 1.34. The average molecular weight is 306 g/mol. The van der Waals surface area contributed by atoms with E-state index in [-0.39, 0.29) is 11.2 Å². The number of carbonyl (C=O) groups is 1. The molecule has 0 aromatic carbocycles. The fraction of sp³-hybridized carbons (Fsp3) is 0.300. The summed E-state index contributed by atoms with van der Waals surface area (Å²) in [4.78, 5) is 11.4. The van der Waals surface area contributed by atoms with Crippen molar-refractivity contribution in [3.63, 3.8) is 0 Å². The summed E-state index contributed by atoms with van der Waals surface area (Å²) in [5.74, 6) is -0.329. The maximum Gasteiger partial charge on any atom is 0.318 e. The Kier molecular flexibility index (Phi) is 3.99. The molecule has 0 aliphatic heterocycles. The highest BCUT2D eigenvalue weighted by atomic mass is 35.5. The number of nitrogens with zero attached hydrogens (tertiary/aromatic N) is 3. The summed E-state index contributed by atoms with van der Waals surface area (Å²) in [6.45, 7) is 1.73. The summed E-state index contributed by atoms with van der Waals surface area (Å²) in [6, 6.07) is 1.59. The first kappa shape index (κ1) is 13.5. The second-order valence-corrected chi connectivity index (χ2v) is 5.62. The highest BCUT2D eigenvalue weighted by molar-refractivity contribution is 8.00. The van der Waals surface area contributed by atoms with Gasteiger partial charge in [-0.15, -0.1) is 10.2 Å². The molecule has 0 spiro atoms. The smallest absolute Gasteiger partial charge is 0.318 e. The zero-order chi connectivity index (χ0) is 13.3. The normalized spacial score (nSPS) is 12.7. The summed E-state index contributed by atoms with van der Waals surface area (Å²) < 4.78 is 6.30. The van der Waals surface area contributed by atoms with Crippen molar-refractivity contribution in [1.29, 1.82) is 0 Å². The second-order valence-electron chi connectivity index (χ2n) is 3.47. The molecule has 2 aromatic heterocycles. The number of fused-ring (bicyclic) bond motifs is 1. The maximum atomic E-state index is 11.4. The van der Waals surface area contributed by atoms with Gasteiger partial charge in [-0.3, -0.25) is 9.20 Å². The number of carbonyl (C=O) groups excluding carboxylic acids is 1. The van der Waals surface area contributed by atoms with Gasteiger partial charge in [0.1, 0.15) is 5.25 Å².